The first-order valence-corrected chi connectivity index (χ1v) is 11.1. The molecule has 0 bridgehead atoms. The van der Waals surface area contributed by atoms with Crippen LogP contribution in [-0.2, 0) is 6.54 Å². The number of fused-ring (bicyclic) bond motifs is 2. The van der Waals surface area contributed by atoms with E-state index in [4.69, 9.17) is 4.98 Å². The standard InChI is InChI=1S/C24H23N7O2/c32-16-6-9-30(10-7-16)15-4-5-21(25-11-15)29-19-14-26-23(18-12-27-24(33)22(18)19)17-13-28-31-8-2-1-3-20(17)31/h1-5,8,11,13-14,16,32H,6-7,9-10,12H2,(H,25,29)(H,27,33). The number of aromatic nitrogens is 4. The monoisotopic (exact) mass is 441 g/mol. The number of hydrogen-bond donors (Lipinski definition) is 3. The average Bonchev–Trinajstić information content (AvgIpc) is 3.45. The molecule has 2 aliphatic rings. The molecule has 4 aromatic heterocycles. The van der Waals surface area contributed by atoms with E-state index in [0.717, 1.165) is 54.0 Å². The van der Waals surface area contributed by atoms with Gasteiger partial charge in [0.2, 0.25) is 0 Å². The summed E-state index contributed by atoms with van der Waals surface area (Å²) >= 11 is 0. The van der Waals surface area contributed by atoms with E-state index in [2.05, 4.69) is 25.6 Å². The Morgan fingerprint density at radius 1 is 1.06 bits per heavy atom. The van der Waals surface area contributed by atoms with E-state index in [1.807, 2.05) is 42.7 Å². The third-order valence-electron chi connectivity index (χ3n) is 6.35. The fourth-order valence-corrected chi connectivity index (χ4v) is 4.59. The van der Waals surface area contributed by atoms with Crippen molar-refractivity contribution in [3.8, 4) is 11.3 Å². The number of rotatable bonds is 4. The van der Waals surface area contributed by atoms with Gasteiger partial charge in [-0.25, -0.2) is 9.50 Å². The SMILES string of the molecule is O=C1NCc2c(-c3cnn4ccccc34)ncc(Nc3ccc(N4CCC(O)CC4)cn3)c21. The number of carbonyl (C=O) groups excluding carboxylic acids is 1. The molecule has 0 spiro atoms. The molecule has 0 atom stereocenters. The molecule has 6 heterocycles. The molecule has 166 valence electrons. The molecule has 1 fully saturated rings. The number of hydrogen-bond acceptors (Lipinski definition) is 7. The highest BCUT2D eigenvalue weighted by molar-refractivity contribution is 6.06. The maximum atomic E-state index is 12.7. The molecule has 6 rings (SSSR count). The molecule has 33 heavy (non-hydrogen) atoms. The highest BCUT2D eigenvalue weighted by Gasteiger charge is 2.28. The van der Waals surface area contributed by atoms with Gasteiger partial charge < -0.3 is 20.6 Å². The highest BCUT2D eigenvalue weighted by Crippen LogP contribution is 2.35. The Morgan fingerprint density at radius 2 is 1.94 bits per heavy atom. The topological polar surface area (TPSA) is 108 Å². The molecule has 1 saturated heterocycles. The minimum Gasteiger partial charge on any atom is -0.393 e. The van der Waals surface area contributed by atoms with Crippen LogP contribution in [0.15, 0.2) is 55.1 Å². The fourth-order valence-electron chi connectivity index (χ4n) is 4.59. The number of aliphatic hydroxyl groups excluding tert-OH is 1. The lowest BCUT2D eigenvalue weighted by Crippen LogP contribution is -2.35. The smallest absolute Gasteiger partial charge is 0.254 e. The summed E-state index contributed by atoms with van der Waals surface area (Å²) in [6, 6.07) is 9.78. The Hall–Kier alpha value is -3.98. The average molecular weight is 441 g/mol. The van der Waals surface area contributed by atoms with Crippen molar-refractivity contribution in [2.75, 3.05) is 23.3 Å². The summed E-state index contributed by atoms with van der Waals surface area (Å²) in [5.74, 6) is 0.513. The first-order valence-electron chi connectivity index (χ1n) is 11.1. The number of amides is 1. The third kappa shape index (κ3) is 3.46. The van der Waals surface area contributed by atoms with Crippen molar-refractivity contribution in [1.82, 2.24) is 24.9 Å². The summed E-state index contributed by atoms with van der Waals surface area (Å²) in [6.07, 6.45) is 8.51. The van der Waals surface area contributed by atoms with Gasteiger partial charge in [0.1, 0.15) is 5.82 Å². The fraction of sp³-hybridized carbons (Fsp3) is 0.250. The van der Waals surface area contributed by atoms with Crippen molar-refractivity contribution >= 4 is 28.6 Å². The Morgan fingerprint density at radius 3 is 2.76 bits per heavy atom. The van der Waals surface area contributed by atoms with Gasteiger partial charge in [0.15, 0.2) is 0 Å². The van der Waals surface area contributed by atoms with Crippen LogP contribution in [0.25, 0.3) is 16.8 Å². The van der Waals surface area contributed by atoms with Gasteiger partial charge in [0.25, 0.3) is 5.91 Å². The normalized spacial score (nSPS) is 16.2. The zero-order valence-electron chi connectivity index (χ0n) is 17.9. The molecular formula is C24H23N7O2. The molecule has 9 heteroatoms. The Kier molecular flexibility index (Phi) is 4.69. The number of aliphatic hydroxyl groups is 1. The summed E-state index contributed by atoms with van der Waals surface area (Å²) in [5.41, 5.74) is 5.68. The van der Waals surface area contributed by atoms with Crippen molar-refractivity contribution < 1.29 is 9.90 Å². The Labute approximate surface area is 190 Å². The summed E-state index contributed by atoms with van der Waals surface area (Å²) in [6.45, 7) is 2.06. The van der Waals surface area contributed by atoms with Crippen LogP contribution in [0.5, 0.6) is 0 Å². The van der Waals surface area contributed by atoms with Crippen LogP contribution in [0.2, 0.25) is 0 Å². The van der Waals surface area contributed by atoms with Crippen LogP contribution in [-0.4, -0.2) is 49.8 Å². The van der Waals surface area contributed by atoms with Crippen molar-refractivity contribution in [2.24, 2.45) is 0 Å². The third-order valence-corrected chi connectivity index (χ3v) is 6.35. The first kappa shape index (κ1) is 19.7. The second-order valence-electron chi connectivity index (χ2n) is 8.39. The van der Waals surface area contributed by atoms with E-state index in [0.29, 0.717) is 23.6 Å². The molecule has 0 aromatic carbocycles. The van der Waals surface area contributed by atoms with Crippen LogP contribution < -0.4 is 15.5 Å². The lowest BCUT2D eigenvalue weighted by Gasteiger charge is -2.31. The number of anilines is 3. The predicted molar refractivity (Wildman–Crippen MR) is 125 cm³/mol. The molecule has 0 unspecified atom stereocenters. The number of piperidine rings is 1. The van der Waals surface area contributed by atoms with E-state index in [-0.39, 0.29) is 12.0 Å². The van der Waals surface area contributed by atoms with Crippen LogP contribution in [0.4, 0.5) is 17.2 Å². The largest absolute Gasteiger partial charge is 0.393 e. The van der Waals surface area contributed by atoms with Gasteiger partial charge in [0.05, 0.1) is 52.8 Å². The summed E-state index contributed by atoms with van der Waals surface area (Å²) in [4.78, 5) is 24.2. The molecule has 3 N–H and O–H groups in total. The van der Waals surface area contributed by atoms with Crippen LogP contribution in [0, 0.1) is 0 Å². The van der Waals surface area contributed by atoms with Gasteiger partial charge in [-0.05, 0) is 37.1 Å². The molecule has 9 nitrogen and oxygen atoms in total. The van der Waals surface area contributed by atoms with Crippen molar-refractivity contribution in [3.63, 3.8) is 0 Å². The molecule has 0 radical (unpaired) electrons. The zero-order valence-corrected chi connectivity index (χ0v) is 17.9. The minimum absolute atomic E-state index is 0.129. The van der Waals surface area contributed by atoms with Crippen molar-refractivity contribution in [1.29, 1.82) is 0 Å². The van der Waals surface area contributed by atoms with Gasteiger partial charge in [-0.3, -0.25) is 9.78 Å². The predicted octanol–water partition coefficient (Wildman–Crippen LogP) is 2.74. The van der Waals surface area contributed by atoms with Gasteiger partial charge in [-0.15, -0.1) is 0 Å². The second-order valence-corrected chi connectivity index (χ2v) is 8.39. The maximum Gasteiger partial charge on any atom is 0.254 e. The summed E-state index contributed by atoms with van der Waals surface area (Å²) in [5, 5.41) is 20.3. The van der Waals surface area contributed by atoms with E-state index in [9.17, 15) is 9.90 Å². The van der Waals surface area contributed by atoms with Crippen molar-refractivity contribution in [2.45, 2.75) is 25.5 Å². The summed E-state index contributed by atoms with van der Waals surface area (Å²) < 4.78 is 1.80. The number of pyridine rings is 3. The molecule has 1 amide bonds. The minimum atomic E-state index is -0.209. The molecule has 0 aliphatic carbocycles. The molecule has 4 aromatic rings. The van der Waals surface area contributed by atoms with Crippen molar-refractivity contribution in [3.05, 3.63) is 66.2 Å². The van der Waals surface area contributed by atoms with Crippen LogP contribution >= 0.6 is 0 Å². The maximum absolute atomic E-state index is 12.7. The van der Waals surface area contributed by atoms with E-state index in [1.165, 1.54) is 0 Å². The number of nitrogens with one attached hydrogen (secondary N) is 2. The molecular weight excluding hydrogens is 418 g/mol. The van der Waals surface area contributed by atoms with E-state index in [1.54, 1.807) is 16.9 Å². The van der Waals surface area contributed by atoms with E-state index < -0.39 is 0 Å². The van der Waals surface area contributed by atoms with Crippen LogP contribution in [0.1, 0.15) is 28.8 Å². The summed E-state index contributed by atoms with van der Waals surface area (Å²) in [7, 11) is 0. The number of nitrogens with zero attached hydrogens (tertiary/aromatic N) is 5. The highest BCUT2D eigenvalue weighted by atomic mass is 16.3. The Balaban J connectivity index is 1.31. The first-order chi connectivity index (χ1) is 16.2. The van der Waals surface area contributed by atoms with Gasteiger partial charge in [0, 0.05) is 37.0 Å². The van der Waals surface area contributed by atoms with E-state index >= 15 is 0 Å². The Bertz CT molecular complexity index is 1340. The van der Waals surface area contributed by atoms with Crippen LogP contribution in [0.3, 0.4) is 0 Å². The quantitative estimate of drug-likeness (QED) is 0.447. The van der Waals surface area contributed by atoms with Gasteiger partial charge >= 0.3 is 0 Å². The zero-order chi connectivity index (χ0) is 22.4. The number of carbonyl (C=O) groups is 1. The lowest BCUT2D eigenvalue weighted by molar-refractivity contribution is 0.0966. The van der Waals surface area contributed by atoms with Gasteiger partial charge in [-0.2, -0.15) is 5.10 Å². The van der Waals surface area contributed by atoms with Gasteiger partial charge in [-0.1, -0.05) is 6.07 Å². The molecule has 0 saturated carbocycles. The molecule has 2 aliphatic heterocycles. The second kappa shape index (κ2) is 7.86. The lowest BCUT2D eigenvalue weighted by atomic mass is 10.0.